The summed E-state index contributed by atoms with van der Waals surface area (Å²) < 4.78 is 21.1. The van der Waals surface area contributed by atoms with Gasteiger partial charge in [0.05, 0.1) is 5.75 Å². The van der Waals surface area contributed by atoms with Crippen LogP contribution in [-0.2, 0) is 10.0 Å². The summed E-state index contributed by atoms with van der Waals surface area (Å²) in [5.41, 5.74) is 5.20. The number of nitrogen functional groups attached to an aromatic ring is 1. The van der Waals surface area contributed by atoms with Gasteiger partial charge in [-0.1, -0.05) is 0 Å². The molecule has 10 heteroatoms. The third kappa shape index (κ3) is 4.23. The number of hydrogen-bond acceptors (Lipinski definition) is 6. The van der Waals surface area contributed by atoms with E-state index in [0.717, 1.165) is 0 Å². The summed E-state index contributed by atoms with van der Waals surface area (Å²) in [6, 6.07) is 0. The Kier molecular flexibility index (Phi) is 3.79. The van der Waals surface area contributed by atoms with Crippen LogP contribution in [0.5, 0.6) is 0 Å². The van der Waals surface area contributed by atoms with Crippen LogP contribution in [0.15, 0.2) is 0 Å². The molecule has 0 aromatic carbocycles. The summed E-state index contributed by atoms with van der Waals surface area (Å²) in [6.07, 6.45) is 0.230. The van der Waals surface area contributed by atoms with Crippen LogP contribution in [0.2, 0.25) is 0 Å². The highest BCUT2D eigenvalue weighted by molar-refractivity contribution is 7.89. The summed E-state index contributed by atoms with van der Waals surface area (Å²) in [7, 11) is -3.49. The first-order chi connectivity index (χ1) is 7.38. The van der Waals surface area contributed by atoms with E-state index in [1.807, 2.05) is 0 Å². The maximum atomic E-state index is 11.3. The Labute approximate surface area is 91.7 Å². The summed E-state index contributed by atoms with van der Waals surface area (Å²) in [4.78, 5) is 14.9. The first-order valence-electron chi connectivity index (χ1n) is 4.35. The molecule has 0 saturated heterocycles. The predicted molar refractivity (Wildman–Crippen MR) is 55.7 cm³/mol. The van der Waals surface area contributed by atoms with E-state index in [9.17, 15) is 13.2 Å². The lowest BCUT2D eigenvalue weighted by molar-refractivity contribution is 0.0944. The minimum atomic E-state index is -3.49. The second kappa shape index (κ2) is 4.90. The fraction of sp³-hybridized carbons (Fsp3) is 0.500. The minimum absolute atomic E-state index is 0.0203. The smallest absolute Gasteiger partial charge is 0.288 e. The van der Waals surface area contributed by atoms with Gasteiger partial charge in [0.25, 0.3) is 5.91 Å². The maximum absolute atomic E-state index is 11.3. The highest BCUT2D eigenvalue weighted by Crippen LogP contribution is 1.92. The van der Waals surface area contributed by atoms with Crippen molar-refractivity contribution in [3.05, 3.63) is 5.82 Å². The largest absolute Gasteiger partial charge is 0.366 e. The number of primary sulfonamides is 1. The lowest BCUT2D eigenvalue weighted by atomic mass is 10.4. The van der Waals surface area contributed by atoms with Crippen molar-refractivity contribution in [1.82, 2.24) is 20.5 Å². The molecule has 1 amide bonds. The van der Waals surface area contributed by atoms with E-state index in [0.29, 0.717) is 0 Å². The molecule has 0 unspecified atom stereocenters. The van der Waals surface area contributed by atoms with Crippen LogP contribution in [0.25, 0.3) is 0 Å². The van der Waals surface area contributed by atoms with Crippen LogP contribution in [0.4, 0.5) is 5.95 Å². The fourth-order valence-electron chi connectivity index (χ4n) is 0.935. The molecule has 0 atom stereocenters. The van der Waals surface area contributed by atoms with Gasteiger partial charge in [-0.05, 0) is 6.42 Å². The number of anilines is 1. The van der Waals surface area contributed by atoms with E-state index in [4.69, 9.17) is 10.9 Å². The Morgan fingerprint density at radius 1 is 1.50 bits per heavy atom. The number of nitrogens with two attached hydrogens (primary N) is 2. The van der Waals surface area contributed by atoms with Crippen LogP contribution >= 0.6 is 0 Å². The van der Waals surface area contributed by atoms with Crippen LogP contribution in [-0.4, -0.2) is 41.8 Å². The number of aromatic nitrogens is 3. The molecular formula is C6H12N6O3S. The SMILES string of the molecule is Nc1n[nH]c(C(=O)NCCCS(N)(=O)=O)n1. The average molecular weight is 248 g/mol. The normalized spacial score (nSPS) is 11.3. The molecule has 0 spiro atoms. The number of aromatic amines is 1. The number of carbonyl (C=O) groups is 1. The summed E-state index contributed by atoms with van der Waals surface area (Å²) >= 11 is 0. The van der Waals surface area contributed by atoms with Gasteiger partial charge in [0.15, 0.2) is 0 Å². The highest BCUT2D eigenvalue weighted by Gasteiger charge is 2.10. The number of nitrogens with zero attached hydrogens (tertiary/aromatic N) is 2. The number of nitrogens with one attached hydrogen (secondary N) is 2. The van der Waals surface area contributed by atoms with E-state index in [1.165, 1.54) is 0 Å². The van der Waals surface area contributed by atoms with Crippen molar-refractivity contribution in [3.8, 4) is 0 Å². The Hall–Kier alpha value is -1.68. The Bertz CT molecular complexity index is 466. The lowest BCUT2D eigenvalue weighted by Crippen LogP contribution is -2.28. The van der Waals surface area contributed by atoms with E-state index in [2.05, 4.69) is 20.5 Å². The van der Waals surface area contributed by atoms with Gasteiger partial charge in [-0.2, -0.15) is 4.98 Å². The molecule has 16 heavy (non-hydrogen) atoms. The molecule has 0 aliphatic carbocycles. The molecule has 1 aromatic heterocycles. The summed E-state index contributed by atoms with van der Waals surface area (Å²) in [6.45, 7) is 0.176. The van der Waals surface area contributed by atoms with Gasteiger partial charge in [-0.15, -0.1) is 5.10 Å². The van der Waals surface area contributed by atoms with Gasteiger partial charge >= 0.3 is 0 Å². The van der Waals surface area contributed by atoms with E-state index in [-0.39, 0.29) is 30.5 Å². The third-order valence-electron chi connectivity index (χ3n) is 1.61. The zero-order chi connectivity index (χ0) is 12.2. The van der Waals surface area contributed by atoms with Crippen molar-refractivity contribution < 1.29 is 13.2 Å². The standard InChI is InChI=1S/C6H12N6O3S/c7-6-10-4(11-12-6)5(13)9-2-1-3-16(8,14)15/h1-3H2,(H,9,13)(H2,8,14,15)(H3,7,10,11,12). The molecule has 90 valence electrons. The molecule has 0 saturated carbocycles. The quantitative estimate of drug-likeness (QED) is 0.433. The molecule has 0 radical (unpaired) electrons. The van der Waals surface area contributed by atoms with Gasteiger partial charge in [0.1, 0.15) is 0 Å². The second-order valence-electron chi connectivity index (χ2n) is 3.02. The molecule has 9 nitrogen and oxygen atoms in total. The molecule has 0 bridgehead atoms. The molecule has 1 heterocycles. The topological polar surface area (TPSA) is 157 Å². The molecule has 6 N–H and O–H groups in total. The number of rotatable bonds is 5. The van der Waals surface area contributed by atoms with Crippen LogP contribution < -0.4 is 16.2 Å². The Morgan fingerprint density at radius 3 is 2.69 bits per heavy atom. The number of carbonyl (C=O) groups excluding carboxylic acids is 1. The van der Waals surface area contributed by atoms with Crippen LogP contribution in [0.3, 0.4) is 0 Å². The lowest BCUT2D eigenvalue weighted by Gasteiger charge is -2.01. The fourth-order valence-corrected chi connectivity index (χ4v) is 1.48. The van der Waals surface area contributed by atoms with Crippen molar-refractivity contribution in [1.29, 1.82) is 0 Å². The Balaban J connectivity index is 2.31. The summed E-state index contributed by atoms with van der Waals surface area (Å²) in [5, 5.41) is 13.0. The average Bonchev–Trinajstić information content (AvgIpc) is 2.57. The van der Waals surface area contributed by atoms with Gasteiger partial charge in [0, 0.05) is 6.54 Å². The van der Waals surface area contributed by atoms with Gasteiger partial charge < -0.3 is 11.1 Å². The van der Waals surface area contributed by atoms with Gasteiger partial charge in [-0.25, -0.2) is 13.6 Å². The number of hydrogen-bond donors (Lipinski definition) is 4. The Morgan fingerprint density at radius 2 is 2.19 bits per heavy atom. The zero-order valence-electron chi connectivity index (χ0n) is 8.30. The van der Waals surface area contributed by atoms with Crippen LogP contribution in [0, 0.1) is 0 Å². The number of sulfonamides is 1. The molecule has 0 fully saturated rings. The van der Waals surface area contributed by atoms with Gasteiger partial charge in [0.2, 0.25) is 21.8 Å². The number of amides is 1. The minimum Gasteiger partial charge on any atom is -0.366 e. The van der Waals surface area contributed by atoms with Gasteiger partial charge in [-0.3, -0.25) is 9.89 Å². The zero-order valence-corrected chi connectivity index (χ0v) is 9.12. The van der Waals surface area contributed by atoms with E-state index in [1.54, 1.807) is 0 Å². The van der Waals surface area contributed by atoms with E-state index < -0.39 is 15.9 Å². The predicted octanol–water partition coefficient (Wildman–Crippen LogP) is -2.20. The van der Waals surface area contributed by atoms with Crippen molar-refractivity contribution in [2.24, 2.45) is 5.14 Å². The second-order valence-corrected chi connectivity index (χ2v) is 4.75. The summed E-state index contributed by atoms with van der Waals surface area (Å²) in [5.74, 6) is -0.743. The highest BCUT2D eigenvalue weighted by atomic mass is 32.2. The van der Waals surface area contributed by atoms with Crippen LogP contribution in [0.1, 0.15) is 17.0 Å². The first-order valence-corrected chi connectivity index (χ1v) is 6.06. The molecule has 1 rings (SSSR count). The monoisotopic (exact) mass is 248 g/mol. The third-order valence-corrected chi connectivity index (χ3v) is 2.47. The molecule has 0 aliphatic rings. The van der Waals surface area contributed by atoms with Crippen molar-refractivity contribution in [2.45, 2.75) is 6.42 Å². The van der Waals surface area contributed by atoms with E-state index >= 15 is 0 Å². The van der Waals surface area contributed by atoms with Crippen molar-refractivity contribution >= 4 is 21.9 Å². The maximum Gasteiger partial charge on any atom is 0.288 e. The number of H-pyrrole nitrogens is 1. The molecule has 1 aromatic rings. The van der Waals surface area contributed by atoms with Crippen molar-refractivity contribution in [2.75, 3.05) is 18.0 Å². The molecular weight excluding hydrogens is 236 g/mol. The van der Waals surface area contributed by atoms with Crippen molar-refractivity contribution in [3.63, 3.8) is 0 Å². The first kappa shape index (κ1) is 12.4. The molecule has 0 aliphatic heterocycles.